The summed E-state index contributed by atoms with van der Waals surface area (Å²) in [5.74, 6) is -2.02. The van der Waals surface area contributed by atoms with E-state index in [1.165, 1.54) is 19.1 Å². The number of rotatable bonds is 1. The molecule has 3 N–H and O–H groups in total. The van der Waals surface area contributed by atoms with Gasteiger partial charge in [-0.05, 0) is 57.9 Å². The van der Waals surface area contributed by atoms with Gasteiger partial charge in [0.15, 0.2) is 11.4 Å². The average Bonchev–Trinajstić information content (AvgIpc) is 3.02. The fraction of sp³-hybridized carbons (Fsp3) is 0.759. The molecule has 10 atom stereocenters. The molecule has 0 aromatic heterocycles. The minimum Gasteiger partial charge on any atom is -0.462 e. The molecule has 3 unspecified atom stereocenters. The summed E-state index contributed by atoms with van der Waals surface area (Å²) < 4.78 is 24.1. The highest BCUT2D eigenvalue weighted by Gasteiger charge is 2.83. The van der Waals surface area contributed by atoms with Crippen molar-refractivity contribution in [1.29, 1.82) is 0 Å². The highest BCUT2D eigenvalue weighted by Crippen LogP contribution is 2.74. The number of hydrogen-bond donors (Lipinski definition) is 3. The molecule has 10 nitrogen and oxygen atoms in total. The van der Waals surface area contributed by atoms with Gasteiger partial charge in [0.1, 0.15) is 24.4 Å². The number of hydrogen-bond acceptors (Lipinski definition) is 10. The van der Waals surface area contributed by atoms with Crippen molar-refractivity contribution in [2.45, 2.75) is 107 Å². The fourth-order valence-corrected chi connectivity index (χ4v) is 8.85. The predicted molar refractivity (Wildman–Crippen MR) is 134 cm³/mol. The summed E-state index contributed by atoms with van der Waals surface area (Å²) in [5, 5.41) is 34.6. The van der Waals surface area contributed by atoms with E-state index in [0.29, 0.717) is 31.3 Å². The van der Waals surface area contributed by atoms with Crippen LogP contribution in [0.1, 0.15) is 65.7 Å². The van der Waals surface area contributed by atoms with Crippen molar-refractivity contribution in [2.24, 2.45) is 16.7 Å². The second-order valence-electron chi connectivity index (χ2n) is 12.9. The molecule has 10 heteroatoms. The molecule has 39 heavy (non-hydrogen) atoms. The highest BCUT2D eigenvalue weighted by atomic mass is 16.6. The molecule has 4 heterocycles. The first-order valence-corrected chi connectivity index (χ1v) is 14.0. The molecular weight excluding hydrogens is 508 g/mol. The Balaban J connectivity index is 1.42. The molecule has 6 fully saturated rings. The number of aliphatic hydroxyl groups excluding tert-OH is 1. The van der Waals surface area contributed by atoms with Crippen molar-refractivity contribution < 1.29 is 48.7 Å². The molecule has 3 aliphatic carbocycles. The summed E-state index contributed by atoms with van der Waals surface area (Å²) >= 11 is 0. The van der Waals surface area contributed by atoms with Crippen molar-refractivity contribution >= 4 is 17.7 Å². The molecule has 7 rings (SSSR count). The molecule has 214 valence electrons. The van der Waals surface area contributed by atoms with Gasteiger partial charge in [-0.2, -0.15) is 0 Å². The molecule has 3 saturated heterocycles. The van der Waals surface area contributed by atoms with E-state index in [1.54, 1.807) is 13.0 Å². The number of allylic oxidation sites excluding steroid dienone is 1. The maximum Gasteiger partial charge on any atom is 0.330 e. The molecule has 3 saturated carbocycles. The van der Waals surface area contributed by atoms with Gasteiger partial charge in [0, 0.05) is 35.3 Å². The van der Waals surface area contributed by atoms with E-state index >= 15 is 0 Å². The van der Waals surface area contributed by atoms with Crippen molar-refractivity contribution in [1.82, 2.24) is 0 Å². The molecule has 7 aliphatic rings. The molecule has 8 bridgehead atoms. The van der Waals surface area contributed by atoms with Crippen molar-refractivity contribution in [3.63, 3.8) is 0 Å². The van der Waals surface area contributed by atoms with Crippen molar-refractivity contribution in [3.05, 3.63) is 23.8 Å². The summed E-state index contributed by atoms with van der Waals surface area (Å²) in [4.78, 5) is 38.9. The highest BCUT2D eigenvalue weighted by molar-refractivity contribution is 5.88. The maximum atomic E-state index is 13.2. The van der Waals surface area contributed by atoms with Gasteiger partial charge in [0.25, 0.3) is 0 Å². The van der Waals surface area contributed by atoms with Crippen LogP contribution in [0.4, 0.5) is 0 Å². The summed E-state index contributed by atoms with van der Waals surface area (Å²) in [6.07, 6.45) is 3.04. The summed E-state index contributed by atoms with van der Waals surface area (Å²) in [5.41, 5.74) is -5.55. The number of Topliss-reactive ketones (excluding diaryl/α,β-unsaturated/α-hetero) is 1. The molecule has 0 aromatic carbocycles. The normalized spacial score (nSPS) is 53.3. The van der Waals surface area contributed by atoms with Crippen LogP contribution >= 0.6 is 0 Å². The molecule has 0 amide bonds. The third-order valence-corrected chi connectivity index (χ3v) is 11.3. The Labute approximate surface area is 227 Å². The Kier molecular flexibility index (Phi) is 6.04. The second-order valence-corrected chi connectivity index (χ2v) is 12.9. The lowest BCUT2D eigenvalue weighted by atomic mass is 9.40. The molecular formula is C29H38O10. The topological polar surface area (TPSA) is 149 Å². The third-order valence-electron chi connectivity index (χ3n) is 11.3. The van der Waals surface area contributed by atoms with Crippen LogP contribution < -0.4 is 0 Å². The number of cyclic esters (lactones) is 1. The van der Waals surface area contributed by atoms with Crippen LogP contribution in [0.15, 0.2) is 23.8 Å². The van der Waals surface area contributed by atoms with Crippen LogP contribution in [0.5, 0.6) is 0 Å². The Morgan fingerprint density at radius 3 is 2.59 bits per heavy atom. The summed E-state index contributed by atoms with van der Waals surface area (Å²) in [7, 11) is 0. The minimum atomic E-state index is -1.53. The van der Waals surface area contributed by atoms with E-state index in [0.717, 1.165) is 0 Å². The van der Waals surface area contributed by atoms with Crippen LogP contribution in [0.2, 0.25) is 0 Å². The maximum absolute atomic E-state index is 13.2. The zero-order valence-corrected chi connectivity index (χ0v) is 22.7. The molecule has 0 radical (unpaired) electrons. The van der Waals surface area contributed by atoms with Crippen molar-refractivity contribution in [2.75, 3.05) is 13.2 Å². The average molecular weight is 547 g/mol. The SMILES string of the molecule is CC(=O)[C@@]12CC/C=C\C(=O)O[C@@H]3C[C@H]4OC5[C@@H]6CC4(O)C3(C)[C@]5(CC[C@]6(C)O)COC(=O)/C=C(\CCO1)[C@H]2O. The zero-order valence-electron chi connectivity index (χ0n) is 22.7. The lowest BCUT2D eigenvalue weighted by Crippen LogP contribution is -2.80. The first-order valence-electron chi connectivity index (χ1n) is 14.0. The number of carbonyl (C=O) groups is 3. The Hall–Kier alpha value is -2.11. The number of ether oxygens (including phenoxy) is 4. The number of carbonyl (C=O) groups excluding carboxylic acids is 3. The predicted octanol–water partition coefficient (Wildman–Crippen LogP) is 1.29. The van der Waals surface area contributed by atoms with Crippen LogP contribution in [-0.2, 0) is 33.3 Å². The molecule has 0 aromatic rings. The van der Waals surface area contributed by atoms with Crippen LogP contribution in [0, 0.1) is 16.7 Å². The van der Waals surface area contributed by atoms with E-state index in [1.807, 2.05) is 6.92 Å². The van der Waals surface area contributed by atoms with Gasteiger partial charge in [-0.1, -0.05) is 13.0 Å². The smallest absolute Gasteiger partial charge is 0.330 e. The van der Waals surface area contributed by atoms with E-state index in [-0.39, 0.29) is 44.2 Å². The Bertz CT molecular complexity index is 1160. The van der Waals surface area contributed by atoms with Gasteiger partial charge in [0.05, 0.1) is 24.4 Å². The molecule has 4 aliphatic heterocycles. The van der Waals surface area contributed by atoms with Gasteiger partial charge in [-0.15, -0.1) is 0 Å². The largest absolute Gasteiger partial charge is 0.462 e. The summed E-state index contributed by atoms with van der Waals surface area (Å²) in [6, 6.07) is 0. The van der Waals surface area contributed by atoms with Gasteiger partial charge in [-0.3, -0.25) is 4.79 Å². The molecule has 1 spiro atoms. The second kappa shape index (κ2) is 8.69. The first-order chi connectivity index (χ1) is 18.3. The number of esters is 2. The van der Waals surface area contributed by atoms with Gasteiger partial charge in [0.2, 0.25) is 0 Å². The lowest BCUT2D eigenvalue weighted by molar-refractivity contribution is -0.377. The lowest BCUT2D eigenvalue weighted by Gasteiger charge is -2.71. The minimum absolute atomic E-state index is 0.114. The zero-order chi connectivity index (χ0) is 28.0. The van der Waals surface area contributed by atoms with E-state index < -0.39 is 64.0 Å². The number of ketones is 1. The first kappa shape index (κ1) is 27.1. The van der Waals surface area contributed by atoms with Crippen LogP contribution in [0.3, 0.4) is 0 Å². The van der Waals surface area contributed by atoms with E-state index in [9.17, 15) is 29.7 Å². The summed E-state index contributed by atoms with van der Waals surface area (Å²) in [6.45, 7) is 5.02. The van der Waals surface area contributed by atoms with E-state index in [4.69, 9.17) is 18.9 Å². The Morgan fingerprint density at radius 1 is 1.08 bits per heavy atom. The van der Waals surface area contributed by atoms with Crippen LogP contribution in [0.25, 0.3) is 0 Å². The number of fused-ring (bicyclic) bond motifs is 2. The van der Waals surface area contributed by atoms with Gasteiger partial charge < -0.3 is 34.3 Å². The third kappa shape index (κ3) is 3.48. The standard InChI is InChI=1S/C29H38O10/c1-16(30)28-8-5-4-6-21(31)38-19-13-20-29(35)14-18-24(39-20)27(26(19,29)3,10-9-25(18,2)34)15-36-22(32)12-17(23(28)33)7-11-37-28/h4,6,12,18-20,23-24,33-35H,5,7-11,13-15H2,1-3H3/b6-4-,17-12+/t18-,19+,20+,23+,24?,25-,26?,27+,28+,29?/m0/s1. The van der Waals surface area contributed by atoms with Gasteiger partial charge >= 0.3 is 11.9 Å². The fourth-order valence-electron chi connectivity index (χ4n) is 8.85. The quantitative estimate of drug-likeness (QED) is 0.411. The number of aliphatic hydroxyl groups is 3. The van der Waals surface area contributed by atoms with Crippen LogP contribution in [-0.4, -0.2) is 87.5 Å². The van der Waals surface area contributed by atoms with Gasteiger partial charge in [-0.25, -0.2) is 9.59 Å². The Morgan fingerprint density at radius 2 is 1.85 bits per heavy atom. The van der Waals surface area contributed by atoms with E-state index in [2.05, 4.69) is 0 Å². The monoisotopic (exact) mass is 546 g/mol. The van der Waals surface area contributed by atoms with Crippen molar-refractivity contribution in [3.8, 4) is 0 Å².